The fraction of sp³-hybridized carbons (Fsp3) is 0.926. The summed E-state index contributed by atoms with van der Waals surface area (Å²) in [6, 6.07) is 0. The van der Waals surface area contributed by atoms with Crippen LogP contribution in [0.5, 0.6) is 0 Å². The summed E-state index contributed by atoms with van der Waals surface area (Å²) in [5.41, 5.74) is 2.60. The van der Waals surface area contributed by atoms with Crippen LogP contribution in [0.1, 0.15) is 105 Å². The Balaban J connectivity index is 0.00000240. The smallest absolute Gasteiger partial charge is 0.0577 e. The van der Waals surface area contributed by atoms with Crippen LogP contribution in [0.2, 0.25) is 0 Å². The fourth-order valence-corrected chi connectivity index (χ4v) is 8.67. The summed E-state index contributed by atoms with van der Waals surface area (Å²) in [6.45, 7) is 12.6. The summed E-state index contributed by atoms with van der Waals surface area (Å²) in [7, 11) is 0. The second-order valence-electron chi connectivity index (χ2n) is 12.2. The molecule has 4 aliphatic rings. The first-order chi connectivity index (χ1) is 13.3. The van der Waals surface area contributed by atoms with Crippen molar-refractivity contribution in [2.24, 2.45) is 46.3 Å². The van der Waals surface area contributed by atoms with Gasteiger partial charge in [-0.25, -0.2) is 0 Å². The number of aliphatic hydroxyl groups is 1. The van der Waals surface area contributed by atoms with Crippen molar-refractivity contribution in [1.82, 2.24) is 0 Å². The molecule has 2 heteroatoms. The molecule has 0 heterocycles. The molecule has 29 heavy (non-hydrogen) atoms. The minimum Gasteiger partial charge on any atom is -0.393 e. The van der Waals surface area contributed by atoms with Crippen molar-refractivity contribution in [3.05, 3.63) is 11.6 Å². The van der Waals surface area contributed by atoms with Crippen LogP contribution < -0.4 is 0 Å². The normalized spacial score (nSPS) is 44.9. The van der Waals surface area contributed by atoms with Crippen LogP contribution in [0.25, 0.3) is 0 Å². The molecule has 3 saturated carbocycles. The van der Waals surface area contributed by atoms with Gasteiger partial charge < -0.3 is 5.11 Å². The molecule has 0 amide bonds. The van der Waals surface area contributed by atoms with Gasteiger partial charge in [0.1, 0.15) is 0 Å². The van der Waals surface area contributed by atoms with Crippen LogP contribution in [-0.2, 0) is 19.5 Å². The zero-order valence-corrected chi connectivity index (χ0v) is 23.0. The third-order valence-corrected chi connectivity index (χ3v) is 10.3. The zero-order chi connectivity index (χ0) is 20.1. The Labute approximate surface area is 193 Å². The molecule has 3 fully saturated rings. The third-order valence-electron chi connectivity index (χ3n) is 10.3. The van der Waals surface area contributed by atoms with Gasteiger partial charge in [-0.15, -0.1) is 0 Å². The van der Waals surface area contributed by atoms with Gasteiger partial charge >= 0.3 is 0 Å². The average Bonchev–Trinajstić information content (AvgIpc) is 2.99. The second kappa shape index (κ2) is 9.06. The number of aliphatic hydroxyl groups excluding tert-OH is 1. The van der Waals surface area contributed by atoms with Gasteiger partial charge in [-0.2, -0.15) is 0 Å². The quantitative estimate of drug-likeness (QED) is 0.341. The molecule has 1 nitrogen and oxygen atoms in total. The molecule has 0 saturated heterocycles. The molecule has 8 atom stereocenters. The van der Waals surface area contributed by atoms with Crippen molar-refractivity contribution in [3.63, 3.8) is 0 Å². The summed E-state index contributed by atoms with van der Waals surface area (Å²) in [5.74, 6) is 5.46. The van der Waals surface area contributed by atoms with Crippen molar-refractivity contribution in [1.29, 1.82) is 0 Å². The van der Waals surface area contributed by atoms with Crippen molar-refractivity contribution >= 4 is 0 Å². The number of rotatable bonds is 5. The Kier molecular flexibility index (Phi) is 7.49. The average molecular weight is 452 g/mol. The van der Waals surface area contributed by atoms with E-state index >= 15 is 0 Å². The van der Waals surface area contributed by atoms with E-state index in [0.717, 1.165) is 48.3 Å². The largest absolute Gasteiger partial charge is 0.393 e. The maximum atomic E-state index is 10.2. The molecule has 162 valence electrons. The van der Waals surface area contributed by atoms with Gasteiger partial charge in [0.05, 0.1) is 6.10 Å². The number of hydrogen-bond donors (Lipinski definition) is 1. The first-order valence-electron chi connectivity index (χ1n) is 12.6. The van der Waals surface area contributed by atoms with Gasteiger partial charge in [0.15, 0.2) is 0 Å². The van der Waals surface area contributed by atoms with E-state index in [2.05, 4.69) is 40.7 Å². The zero-order valence-electron chi connectivity index (χ0n) is 20.1. The summed E-state index contributed by atoms with van der Waals surface area (Å²) >= 11 is 0. The topological polar surface area (TPSA) is 20.2 Å². The van der Waals surface area contributed by atoms with Crippen LogP contribution in [-0.4, -0.2) is 11.2 Å². The monoisotopic (exact) mass is 450 g/mol. The predicted molar refractivity (Wildman–Crippen MR) is 119 cm³/mol. The van der Waals surface area contributed by atoms with E-state index in [1.807, 2.05) is 0 Å². The minimum absolute atomic E-state index is 0. The molecule has 0 radical (unpaired) electrons. The summed E-state index contributed by atoms with van der Waals surface area (Å²) in [6.07, 6.45) is 17.2. The van der Waals surface area contributed by atoms with Gasteiger partial charge in [0, 0.05) is 19.5 Å². The maximum absolute atomic E-state index is 10.2. The molecule has 4 aliphatic carbocycles. The number of allylic oxidation sites excluding steroid dienone is 1. The molecule has 0 bridgehead atoms. The Morgan fingerprint density at radius 3 is 2.48 bits per heavy atom. The van der Waals surface area contributed by atoms with Crippen molar-refractivity contribution in [2.75, 3.05) is 0 Å². The van der Waals surface area contributed by atoms with Gasteiger partial charge in [-0.1, -0.05) is 65.5 Å². The minimum atomic E-state index is -0.0766. The van der Waals surface area contributed by atoms with Crippen LogP contribution >= 0.6 is 0 Å². The summed E-state index contributed by atoms with van der Waals surface area (Å²) < 4.78 is 0. The standard InChI is InChI=1S/C27H46O.Zn/c1-18(2)7-6-8-19(3)23-11-12-24-22-10-9-20-17-21(28)13-15-26(20,4)25(22)14-16-27(23,24)5;/h9,18-19,21-25,28H,6-8,10-17H2,1-5H3;/t19?,21-,22-,23+,24-,25-,26-,27+;/m0./s1. The van der Waals surface area contributed by atoms with E-state index in [9.17, 15) is 5.11 Å². The first kappa shape index (κ1) is 24.0. The van der Waals surface area contributed by atoms with E-state index in [1.165, 1.54) is 57.8 Å². The van der Waals surface area contributed by atoms with Crippen molar-refractivity contribution in [3.8, 4) is 0 Å². The van der Waals surface area contributed by atoms with Crippen molar-refractivity contribution < 1.29 is 24.6 Å². The molecule has 1 unspecified atom stereocenters. The summed E-state index contributed by atoms with van der Waals surface area (Å²) in [5, 5.41) is 10.2. The Bertz CT molecular complexity index is 597. The van der Waals surface area contributed by atoms with E-state index in [0.29, 0.717) is 10.8 Å². The van der Waals surface area contributed by atoms with E-state index in [1.54, 1.807) is 5.57 Å². The molecule has 1 N–H and O–H groups in total. The summed E-state index contributed by atoms with van der Waals surface area (Å²) in [4.78, 5) is 0. The SMILES string of the molecule is CC(C)CCCC(C)[C@H]1CC[C@H]2[C@@H]3CC=C4C[C@@H](O)CC[C@]4(C)[C@H]3CC[C@]12C.[Zn]. The fourth-order valence-electron chi connectivity index (χ4n) is 8.67. The Hall–Kier alpha value is 0.323. The van der Waals surface area contributed by atoms with E-state index < -0.39 is 0 Å². The molecule has 0 aromatic heterocycles. The van der Waals surface area contributed by atoms with Crippen LogP contribution in [0.3, 0.4) is 0 Å². The first-order valence-corrected chi connectivity index (χ1v) is 12.6. The van der Waals surface area contributed by atoms with Gasteiger partial charge in [-0.05, 0) is 97.7 Å². The molecular formula is C27H46OZn. The van der Waals surface area contributed by atoms with Gasteiger partial charge in [-0.3, -0.25) is 0 Å². The molecule has 0 aliphatic heterocycles. The van der Waals surface area contributed by atoms with Gasteiger partial charge in [0.25, 0.3) is 0 Å². The van der Waals surface area contributed by atoms with Crippen LogP contribution in [0, 0.1) is 46.3 Å². The van der Waals surface area contributed by atoms with E-state index in [4.69, 9.17) is 0 Å². The molecule has 0 spiro atoms. The number of fused-ring (bicyclic) bond motifs is 5. The van der Waals surface area contributed by atoms with Crippen molar-refractivity contribution in [2.45, 2.75) is 111 Å². The van der Waals surface area contributed by atoms with E-state index in [-0.39, 0.29) is 25.6 Å². The Morgan fingerprint density at radius 1 is 1.00 bits per heavy atom. The molecular weight excluding hydrogens is 406 g/mol. The number of hydrogen-bond acceptors (Lipinski definition) is 1. The van der Waals surface area contributed by atoms with Gasteiger partial charge in [0.2, 0.25) is 0 Å². The van der Waals surface area contributed by atoms with Crippen LogP contribution in [0.15, 0.2) is 11.6 Å². The second-order valence-corrected chi connectivity index (χ2v) is 12.2. The molecule has 0 aromatic rings. The van der Waals surface area contributed by atoms with Crippen LogP contribution in [0.4, 0.5) is 0 Å². The maximum Gasteiger partial charge on any atom is 0.0577 e. The molecule has 0 aromatic carbocycles. The Morgan fingerprint density at radius 2 is 1.76 bits per heavy atom. The third kappa shape index (κ3) is 4.20. The molecule has 4 rings (SSSR count). The predicted octanol–water partition coefficient (Wildman–Crippen LogP) is 7.39.